The molecule has 0 aliphatic heterocycles. The van der Waals surface area contributed by atoms with E-state index < -0.39 is 6.04 Å². The first-order valence-corrected chi connectivity index (χ1v) is 6.69. The lowest BCUT2D eigenvalue weighted by Gasteiger charge is -2.12. The lowest BCUT2D eigenvalue weighted by atomic mass is 10.2. The smallest absolute Gasteiger partial charge is 0.243 e. The predicted octanol–water partition coefficient (Wildman–Crippen LogP) is 0.877. The molecule has 0 saturated heterocycles. The second-order valence-corrected chi connectivity index (χ2v) is 4.57. The Hall–Kier alpha value is -2.25. The van der Waals surface area contributed by atoms with E-state index in [-0.39, 0.29) is 12.5 Å². The van der Waals surface area contributed by atoms with Crippen molar-refractivity contribution in [3.8, 4) is 11.4 Å². The van der Waals surface area contributed by atoms with Crippen molar-refractivity contribution in [3.05, 3.63) is 30.6 Å². The molecule has 1 aromatic heterocycles. The molecule has 21 heavy (non-hydrogen) atoms. The number of rotatable bonds is 6. The molecule has 1 atom stereocenters. The Kier molecular flexibility index (Phi) is 5.02. The quantitative estimate of drug-likeness (QED) is 0.823. The van der Waals surface area contributed by atoms with Crippen molar-refractivity contribution in [2.75, 3.05) is 19.0 Å². The highest BCUT2D eigenvalue weighted by Gasteiger charge is 2.14. The number of methoxy groups -OCH3 is 1. The minimum atomic E-state index is -0.696. The van der Waals surface area contributed by atoms with Crippen LogP contribution in [-0.4, -0.2) is 40.4 Å². The average molecular weight is 289 g/mol. The number of aromatic nitrogens is 3. The van der Waals surface area contributed by atoms with E-state index in [1.165, 1.54) is 7.11 Å². The van der Waals surface area contributed by atoms with E-state index in [1.54, 1.807) is 12.4 Å². The van der Waals surface area contributed by atoms with Crippen LogP contribution in [0.2, 0.25) is 0 Å². The Morgan fingerprint density at radius 1 is 1.52 bits per heavy atom. The number of amides is 1. The van der Waals surface area contributed by atoms with E-state index in [0.717, 1.165) is 17.9 Å². The predicted molar refractivity (Wildman–Crippen MR) is 79.6 cm³/mol. The largest absolute Gasteiger partial charge is 0.383 e. The van der Waals surface area contributed by atoms with Crippen LogP contribution in [0.5, 0.6) is 0 Å². The normalized spacial score (nSPS) is 12.1. The summed E-state index contributed by atoms with van der Waals surface area (Å²) in [5.74, 6) is 0.473. The third kappa shape index (κ3) is 3.65. The van der Waals surface area contributed by atoms with E-state index in [4.69, 9.17) is 10.5 Å². The Bertz CT molecular complexity index is 611. The van der Waals surface area contributed by atoms with Crippen LogP contribution in [0.15, 0.2) is 30.6 Å². The zero-order valence-electron chi connectivity index (χ0n) is 12.1. The summed E-state index contributed by atoms with van der Waals surface area (Å²) in [5, 5.41) is 10.8. The minimum Gasteiger partial charge on any atom is -0.383 e. The summed E-state index contributed by atoms with van der Waals surface area (Å²) < 4.78 is 6.80. The molecule has 112 valence electrons. The van der Waals surface area contributed by atoms with Crippen LogP contribution in [0, 0.1) is 0 Å². The summed E-state index contributed by atoms with van der Waals surface area (Å²) in [6.07, 6.45) is 1.68. The molecule has 1 heterocycles. The molecule has 0 aliphatic rings. The molecular formula is C14H19N5O2. The van der Waals surface area contributed by atoms with Crippen LogP contribution in [0.4, 0.5) is 5.69 Å². The second kappa shape index (κ2) is 6.96. The number of benzene rings is 1. The number of carbonyl (C=O) groups excluding carboxylic acids is 1. The van der Waals surface area contributed by atoms with E-state index in [1.807, 2.05) is 29.7 Å². The number of nitrogens with one attached hydrogen (secondary N) is 1. The molecule has 2 aromatic rings. The highest BCUT2D eigenvalue weighted by molar-refractivity contribution is 5.95. The lowest BCUT2D eigenvalue weighted by molar-refractivity contribution is -0.118. The third-order valence-electron chi connectivity index (χ3n) is 3.03. The zero-order chi connectivity index (χ0) is 15.2. The second-order valence-electron chi connectivity index (χ2n) is 4.57. The topological polar surface area (TPSA) is 95.1 Å². The first kappa shape index (κ1) is 15.1. The first-order chi connectivity index (χ1) is 10.2. The average Bonchev–Trinajstić information content (AvgIpc) is 2.96. The van der Waals surface area contributed by atoms with Gasteiger partial charge in [-0.1, -0.05) is 12.1 Å². The number of carbonyl (C=O) groups is 1. The van der Waals surface area contributed by atoms with Gasteiger partial charge in [0.1, 0.15) is 12.4 Å². The lowest BCUT2D eigenvalue weighted by Crippen LogP contribution is -2.39. The van der Waals surface area contributed by atoms with E-state index in [9.17, 15) is 4.79 Å². The van der Waals surface area contributed by atoms with E-state index in [0.29, 0.717) is 5.69 Å². The van der Waals surface area contributed by atoms with Crippen molar-refractivity contribution in [3.63, 3.8) is 0 Å². The molecule has 2 rings (SSSR count). The van der Waals surface area contributed by atoms with E-state index in [2.05, 4.69) is 15.5 Å². The van der Waals surface area contributed by atoms with Gasteiger partial charge in [0, 0.05) is 24.9 Å². The fraction of sp³-hybridized carbons (Fsp3) is 0.357. The van der Waals surface area contributed by atoms with Gasteiger partial charge in [0.25, 0.3) is 0 Å². The van der Waals surface area contributed by atoms with Gasteiger partial charge < -0.3 is 20.4 Å². The molecule has 0 bridgehead atoms. The summed E-state index contributed by atoms with van der Waals surface area (Å²) in [4.78, 5) is 11.9. The molecule has 0 spiro atoms. The molecule has 0 saturated carbocycles. The number of anilines is 1. The summed E-state index contributed by atoms with van der Waals surface area (Å²) >= 11 is 0. The standard InChI is InChI=1S/C14H19N5O2/c1-3-19-9-16-18-13(19)10-5-4-6-11(7-10)17-14(20)12(15)8-21-2/h4-7,9,12H,3,8,15H2,1-2H3,(H,17,20). The molecule has 7 heteroatoms. The summed E-state index contributed by atoms with van der Waals surface area (Å²) in [6.45, 7) is 2.97. The van der Waals surface area contributed by atoms with Crippen LogP contribution in [-0.2, 0) is 16.1 Å². The first-order valence-electron chi connectivity index (χ1n) is 6.69. The minimum absolute atomic E-state index is 0.176. The fourth-order valence-electron chi connectivity index (χ4n) is 1.94. The van der Waals surface area contributed by atoms with Gasteiger partial charge in [-0.05, 0) is 19.1 Å². The monoisotopic (exact) mass is 289 g/mol. The maximum absolute atomic E-state index is 11.9. The van der Waals surface area contributed by atoms with E-state index >= 15 is 0 Å². The van der Waals surface area contributed by atoms with Gasteiger partial charge in [0.15, 0.2) is 5.82 Å². The number of nitrogens with two attached hydrogens (primary N) is 1. The molecule has 1 amide bonds. The van der Waals surface area contributed by atoms with Crippen LogP contribution >= 0.6 is 0 Å². The summed E-state index contributed by atoms with van der Waals surface area (Å²) in [5.41, 5.74) is 7.23. The van der Waals surface area contributed by atoms with Gasteiger partial charge in [-0.25, -0.2) is 0 Å². The molecule has 0 fully saturated rings. The molecule has 0 radical (unpaired) electrons. The SMILES string of the molecule is CCn1cnnc1-c1cccc(NC(=O)C(N)COC)c1. The van der Waals surface area contributed by atoms with Gasteiger partial charge in [0.05, 0.1) is 6.61 Å². The molecule has 3 N–H and O–H groups in total. The molecule has 7 nitrogen and oxygen atoms in total. The van der Waals surface area contributed by atoms with Crippen molar-refractivity contribution in [1.82, 2.24) is 14.8 Å². The number of ether oxygens (including phenoxy) is 1. The van der Waals surface area contributed by atoms with Crippen LogP contribution in [0.1, 0.15) is 6.92 Å². The third-order valence-corrected chi connectivity index (χ3v) is 3.03. The van der Waals surface area contributed by atoms with Gasteiger partial charge in [-0.15, -0.1) is 10.2 Å². The highest BCUT2D eigenvalue weighted by Crippen LogP contribution is 2.20. The molecule has 1 unspecified atom stereocenters. The number of nitrogens with zero attached hydrogens (tertiary/aromatic N) is 3. The van der Waals surface area contributed by atoms with Gasteiger partial charge >= 0.3 is 0 Å². The summed E-state index contributed by atoms with van der Waals surface area (Å²) in [6, 6.07) is 6.71. The highest BCUT2D eigenvalue weighted by atomic mass is 16.5. The molecule has 0 aliphatic carbocycles. The zero-order valence-corrected chi connectivity index (χ0v) is 12.1. The Morgan fingerprint density at radius 2 is 2.33 bits per heavy atom. The Balaban J connectivity index is 2.17. The van der Waals surface area contributed by atoms with Crippen molar-refractivity contribution in [2.45, 2.75) is 19.5 Å². The van der Waals surface area contributed by atoms with Gasteiger partial charge in [-0.3, -0.25) is 4.79 Å². The Morgan fingerprint density at radius 3 is 3.05 bits per heavy atom. The van der Waals surface area contributed by atoms with Crippen molar-refractivity contribution >= 4 is 11.6 Å². The maximum atomic E-state index is 11.9. The summed E-state index contributed by atoms with van der Waals surface area (Å²) in [7, 11) is 1.51. The van der Waals surface area contributed by atoms with Crippen LogP contribution in [0.3, 0.4) is 0 Å². The number of hydrogen-bond donors (Lipinski definition) is 2. The Labute approximate surface area is 123 Å². The molecule has 1 aromatic carbocycles. The molecular weight excluding hydrogens is 270 g/mol. The number of aryl methyl sites for hydroxylation is 1. The van der Waals surface area contributed by atoms with Crippen LogP contribution in [0.25, 0.3) is 11.4 Å². The number of hydrogen-bond acceptors (Lipinski definition) is 5. The van der Waals surface area contributed by atoms with Crippen molar-refractivity contribution < 1.29 is 9.53 Å². The maximum Gasteiger partial charge on any atom is 0.243 e. The van der Waals surface area contributed by atoms with Crippen molar-refractivity contribution in [2.24, 2.45) is 5.73 Å². The van der Waals surface area contributed by atoms with Gasteiger partial charge in [0.2, 0.25) is 5.91 Å². The van der Waals surface area contributed by atoms with Crippen LogP contribution < -0.4 is 11.1 Å². The van der Waals surface area contributed by atoms with Gasteiger partial charge in [-0.2, -0.15) is 0 Å². The fourth-order valence-corrected chi connectivity index (χ4v) is 1.94. The van der Waals surface area contributed by atoms with Crippen molar-refractivity contribution in [1.29, 1.82) is 0 Å².